The van der Waals surface area contributed by atoms with Crippen LogP contribution in [0.2, 0.25) is 0 Å². The molecule has 1 heterocycles. The van der Waals surface area contributed by atoms with Gasteiger partial charge in [-0.1, -0.05) is 6.07 Å². The van der Waals surface area contributed by atoms with Gasteiger partial charge >= 0.3 is 0 Å². The molecule has 1 aromatic heterocycles. The third-order valence-corrected chi connectivity index (χ3v) is 4.74. The van der Waals surface area contributed by atoms with Crippen molar-refractivity contribution < 1.29 is 5.11 Å². The highest BCUT2D eigenvalue weighted by Crippen LogP contribution is 2.42. The topological polar surface area (TPSA) is 20.2 Å². The molecular weight excluding hydrogens is 351 g/mol. The van der Waals surface area contributed by atoms with Crippen LogP contribution in [0.15, 0.2) is 22.0 Å². The van der Waals surface area contributed by atoms with E-state index < -0.39 is 0 Å². The van der Waals surface area contributed by atoms with Crippen LogP contribution in [0.4, 0.5) is 0 Å². The Labute approximate surface area is 95.7 Å². The third kappa shape index (κ3) is 1.25. The number of thiophene rings is 1. The van der Waals surface area contributed by atoms with Gasteiger partial charge in [0.05, 0.1) is 4.70 Å². The lowest BCUT2D eigenvalue weighted by Crippen LogP contribution is -1.68. The summed E-state index contributed by atoms with van der Waals surface area (Å²) in [5.41, 5.74) is 0. The molecule has 2 aromatic rings. The second-order valence-corrected chi connectivity index (χ2v) is 5.84. The van der Waals surface area contributed by atoms with E-state index in [0.717, 1.165) is 13.9 Å². The van der Waals surface area contributed by atoms with E-state index in [-0.39, 0.29) is 0 Å². The molecule has 0 bridgehead atoms. The first-order valence-electron chi connectivity index (χ1n) is 3.25. The Morgan fingerprint density at radius 1 is 1.42 bits per heavy atom. The molecule has 62 valence electrons. The van der Waals surface area contributed by atoms with Crippen LogP contribution in [-0.4, -0.2) is 5.11 Å². The Morgan fingerprint density at radius 2 is 2.17 bits per heavy atom. The number of benzene rings is 1. The molecule has 0 saturated heterocycles. The number of hydrogen-bond acceptors (Lipinski definition) is 2. The maximum atomic E-state index is 9.58. The summed E-state index contributed by atoms with van der Waals surface area (Å²) in [5.74, 6) is 0.355. The molecule has 0 fully saturated rings. The molecule has 1 aromatic carbocycles. The minimum absolute atomic E-state index is 0.355. The molecule has 0 aliphatic rings. The van der Waals surface area contributed by atoms with Gasteiger partial charge in [0.1, 0.15) is 9.54 Å². The van der Waals surface area contributed by atoms with Crippen LogP contribution in [0.5, 0.6) is 5.75 Å². The van der Waals surface area contributed by atoms with Crippen molar-refractivity contribution in [3.05, 3.63) is 25.6 Å². The molecule has 1 nitrogen and oxygen atoms in total. The molecule has 12 heavy (non-hydrogen) atoms. The fourth-order valence-electron chi connectivity index (χ4n) is 1.04. The smallest absolute Gasteiger partial charge is 0.148 e. The van der Waals surface area contributed by atoms with Gasteiger partial charge in [-0.15, -0.1) is 11.3 Å². The number of aromatic hydroxyl groups is 1. The number of hydrogen-bond donors (Lipinski definition) is 1. The van der Waals surface area contributed by atoms with Gasteiger partial charge in [-0.05, 0) is 50.7 Å². The standard InChI is InChI=1S/C8H4BrIOS/c9-8-6(11)4-2-1-3-5(10)7(4)12-8/h1-3,11H. The summed E-state index contributed by atoms with van der Waals surface area (Å²) in [6.45, 7) is 0. The predicted molar refractivity (Wildman–Crippen MR) is 63.9 cm³/mol. The monoisotopic (exact) mass is 354 g/mol. The van der Waals surface area contributed by atoms with Crippen molar-refractivity contribution in [3.8, 4) is 5.75 Å². The zero-order valence-electron chi connectivity index (χ0n) is 5.84. The van der Waals surface area contributed by atoms with Crippen molar-refractivity contribution in [2.75, 3.05) is 0 Å². The summed E-state index contributed by atoms with van der Waals surface area (Å²) in [5, 5.41) is 10.5. The lowest BCUT2D eigenvalue weighted by atomic mass is 10.2. The Hall–Kier alpha value is 0.190. The van der Waals surface area contributed by atoms with Crippen molar-refractivity contribution in [2.24, 2.45) is 0 Å². The lowest BCUT2D eigenvalue weighted by molar-refractivity contribution is 0.481. The zero-order chi connectivity index (χ0) is 8.72. The summed E-state index contributed by atoms with van der Waals surface area (Å²) < 4.78 is 3.13. The normalized spacial score (nSPS) is 10.8. The average molecular weight is 355 g/mol. The zero-order valence-corrected chi connectivity index (χ0v) is 10.4. The van der Waals surface area contributed by atoms with Crippen molar-refractivity contribution in [1.82, 2.24) is 0 Å². The molecule has 0 aliphatic carbocycles. The highest BCUT2D eigenvalue weighted by molar-refractivity contribution is 14.1. The van der Waals surface area contributed by atoms with Crippen LogP contribution in [0.3, 0.4) is 0 Å². The van der Waals surface area contributed by atoms with Gasteiger partial charge in [0.2, 0.25) is 0 Å². The van der Waals surface area contributed by atoms with E-state index in [1.54, 1.807) is 11.3 Å². The summed E-state index contributed by atoms with van der Waals surface area (Å²) in [6.07, 6.45) is 0. The van der Waals surface area contributed by atoms with Crippen LogP contribution in [0, 0.1) is 3.57 Å². The molecule has 0 atom stereocenters. The summed E-state index contributed by atoms with van der Waals surface area (Å²) in [7, 11) is 0. The number of fused-ring (bicyclic) bond motifs is 1. The molecule has 0 unspecified atom stereocenters. The summed E-state index contributed by atoms with van der Waals surface area (Å²) >= 11 is 7.14. The fourth-order valence-corrected chi connectivity index (χ4v) is 3.40. The van der Waals surface area contributed by atoms with Gasteiger partial charge in [0.25, 0.3) is 0 Å². The van der Waals surface area contributed by atoms with Gasteiger partial charge in [-0.2, -0.15) is 0 Å². The highest BCUT2D eigenvalue weighted by atomic mass is 127. The van der Waals surface area contributed by atoms with E-state index in [0.29, 0.717) is 5.75 Å². The van der Waals surface area contributed by atoms with Crippen LogP contribution in [-0.2, 0) is 0 Å². The molecule has 0 saturated carbocycles. The Bertz CT molecular complexity index is 438. The maximum Gasteiger partial charge on any atom is 0.148 e. The fraction of sp³-hybridized carbons (Fsp3) is 0. The highest BCUT2D eigenvalue weighted by Gasteiger charge is 2.09. The second-order valence-electron chi connectivity index (χ2n) is 2.34. The van der Waals surface area contributed by atoms with Gasteiger partial charge in [-0.25, -0.2) is 0 Å². The van der Waals surface area contributed by atoms with E-state index in [1.165, 1.54) is 3.57 Å². The van der Waals surface area contributed by atoms with Crippen LogP contribution < -0.4 is 0 Å². The van der Waals surface area contributed by atoms with Crippen molar-refractivity contribution in [2.45, 2.75) is 0 Å². The average Bonchev–Trinajstić information content (AvgIpc) is 2.32. The van der Waals surface area contributed by atoms with Crippen molar-refractivity contribution in [1.29, 1.82) is 0 Å². The van der Waals surface area contributed by atoms with Gasteiger partial charge in [0, 0.05) is 8.96 Å². The van der Waals surface area contributed by atoms with Crippen LogP contribution in [0.25, 0.3) is 10.1 Å². The van der Waals surface area contributed by atoms with E-state index in [4.69, 9.17) is 0 Å². The summed E-state index contributed by atoms with van der Waals surface area (Å²) in [4.78, 5) is 0. The Balaban J connectivity index is 2.95. The van der Waals surface area contributed by atoms with E-state index in [2.05, 4.69) is 38.5 Å². The molecule has 2 rings (SSSR count). The van der Waals surface area contributed by atoms with E-state index >= 15 is 0 Å². The number of rotatable bonds is 0. The predicted octanol–water partition coefficient (Wildman–Crippen LogP) is 3.97. The molecule has 0 spiro atoms. The third-order valence-electron chi connectivity index (χ3n) is 1.60. The van der Waals surface area contributed by atoms with Crippen molar-refractivity contribution >= 4 is 59.9 Å². The molecule has 0 amide bonds. The minimum Gasteiger partial charge on any atom is -0.505 e. The molecular formula is C8H4BrIOS. The Kier molecular flexibility index (Phi) is 2.31. The first kappa shape index (κ1) is 8.77. The van der Waals surface area contributed by atoms with Crippen LogP contribution in [0.1, 0.15) is 0 Å². The van der Waals surface area contributed by atoms with E-state index in [1.807, 2.05) is 18.2 Å². The lowest BCUT2D eigenvalue weighted by Gasteiger charge is -1.91. The van der Waals surface area contributed by atoms with Crippen molar-refractivity contribution in [3.63, 3.8) is 0 Å². The van der Waals surface area contributed by atoms with E-state index in [9.17, 15) is 5.11 Å². The maximum absolute atomic E-state index is 9.58. The SMILES string of the molecule is Oc1c(Br)sc2c(I)cccc12. The number of halogens is 2. The van der Waals surface area contributed by atoms with Gasteiger partial charge in [0.15, 0.2) is 0 Å². The first-order chi connectivity index (χ1) is 5.70. The first-order valence-corrected chi connectivity index (χ1v) is 5.94. The second kappa shape index (κ2) is 3.16. The minimum atomic E-state index is 0.355. The largest absolute Gasteiger partial charge is 0.505 e. The molecule has 4 heteroatoms. The molecule has 0 aliphatic heterocycles. The molecule has 1 N–H and O–H groups in total. The summed E-state index contributed by atoms with van der Waals surface area (Å²) in [6, 6.07) is 5.91. The quantitative estimate of drug-likeness (QED) is 0.709. The van der Waals surface area contributed by atoms with Gasteiger partial charge < -0.3 is 5.11 Å². The Morgan fingerprint density at radius 3 is 2.83 bits per heavy atom. The van der Waals surface area contributed by atoms with Crippen LogP contribution >= 0.6 is 49.9 Å². The molecule has 0 radical (unpaired) electrons. The van der Waals surface area contributed by atoms with Gasteiger partial charge in [-0.3, -0.25) is 0 Å².